The summed E-state index contributed by atoms with van der Waals surface area (Å²) in [6.45, 7) is 1.16. The van der Waals surface area contributed by atoms with Gasteiger partial charge in [-0.15, -0.1) is 0 Å². The second kappa shape index (κ2) is 12.6. The summed E-state index contributed by atoms with van der Waals surface area (Å²) in [4.78, 5) is 23.1. The van der Waals surface area contributed by atoms with Gasteiger partial charge in [0.15, 0.2) is 0 Å². The van der Waals surface area contributed by atoms with Crippen molar-refractivity contribution in [3.05, 3.63) is 66.2 Å². The van der Waals surface area contributed by atoms with Crippen molar-refractivity contribution in [3.8, 4) is 5.75 Å². The van der Waals surface area contributed by atoms with E-state index in [0.717, 1.165) is 6.92 Å². The number of rotatable bonds is 10. The average molecular weight is 679 g/mol. The molecular formula is C23H23As2N5O10. The maximum atomic E-state index is 11.6. The van der Waals surface area contributed by atoms with E-state index in [1.165, 1.54) is 60.7 Å². The molecule has 0 aliphatic carbocycles. The molecule has 17 heteroatoms. The predicted octanol–water partition coefficient (Wildman–Crippen LogP) is 0.477. The van der Waals surface area contributed by atoms with Gasteiger partial charge in [0.1, 0.15) is 0 Å². The Morgan fingerprint density at radius 1 is 0.775 bits per heavy atom. The normalized spacial score (nSPS) is 13.0. The molecule has 7 N–H and O–H groups in total. The van der Waals surface area contributed by atoms with Gasteiger partial charge in [-0.3, -0.25) is 4.79 Å². The molecule has 0 aliphatic rings. The van der Waals surface area contributed by atoms with Crippen molar-refractivity contribution in [2.75, 3.05) is 0 Å². The predicted molar refractivity (Wildman–Crippen MR) is 139 cm³/mol. The number of carbonyl (C=O) groups is 2. The molecule has 0 radical (unpaired) electrons. The SMILES string of the molecule is CC(=O)N[C@@H](Cc1cc(N=Nc2ccc([As](=O)(O)O)cc2)c(O)c(N=Nc2ccc([As](=O)(O)O)cc2)c1)C(=O)O. The number of hydrogen-bond donors (Lipinski definition) is 7. The zero-order valence-electron chi connectivity index (χ0n) is 20.6. The van der Waals surface area contributed by atoms with E-state index >= 15 is 0 Å². The Bertz CT molecular complexity index is 1470. The molecule has 0 bridgehead atoms. The Morgan fingerprint density at radius 3 is 1.50 bits per heavy atom. The Balaban J connectivity index is 2.00. The summed E-state index contributed by atoms with van der Waals surface area (Å²) >= 11 is -10.2. The number of nitrogens with zero attached hydrogens (tertiary/aromatic N) is 4. The second-order valence-electron chi connectivity index (χ2n) is 8.30. The molecule has 0 aliphatic heterocycles. The number of phenols is 1. The van der Waals surface area contributed by atoms with E-state index in [4.69, 9.17) is 0 Å². The van der Waals surface area contributed by atoms with E-state index in [9.17, 15) is 43.7 Å². The Labute approximate surface area is 231 Å². The fourth-order valence-electron chi connectivity index (χ4n) is 3.26. The van der Waals surface area contributed by atoms with Crippen LogP contribution < -0.4 is 14.0 Å². The number of nitrogens with one attached hydrogen (secondary N) is 1. The topological polar surface area (TPSA) is 251 Å². The van der Waals surface area contributed by atoms with Crippen LogP contribution in [0.25, 0.3) is 0 Å². The van der Waals surface area contributed by atoms with E-state index in [-0.39, 0.29) is 43.4 Å². The maximum absolute atomic E-state index is 11.6. The van der Waals surface area contributed by atoms with Crippen LogP contribution in [0, 0.1) is 0 Å². The number of aromatic hydroxyl groups is 1. The van der Waals surface area contributed by atoms with Crippen LogP contribution in [0.5, 0.6) is 5.75 Å². The van der Waals surface area contributed by atoms with Crippen molar-refractivity contribution in [3.63, 3.8) is 0 Å². The van der Waals surface area contributed by atoms with Gasteiger partial charge in [0.25, 0.3) is 0 Å². The molecule has 0 aromatic heterocycles. The van der Waals surface area contributed by atoms with Gasteiger partial charge in [0.2, 0.25) is 5.91 Å². The molecule has 0 heterocycles. The third-order valence-corrected chi connectivity index (χ3v) is 9.24. The van der Waals surface area contributed by atoms with Crippen LogP contribution in [-0.2, 0) is 23.5 Å². The molecular weight excluding hydrogens is 656 g/mol. The smallest absolute Gasteiger partial charge is 0.480 e. The van der Waals surface area contributed by atoms with Crippen LogP contribution >= 0.6 is 0 Å². The molecule has 3 aromatic carbocycles. The Morgan fingerprint density at radius 2 is 1.18 bits per heavy atom. The van der Waals surface area contributed by atoms with Crippen LogP contribution in [0.1, 0.15) is 12.5 Å². The Hall–Kier alpha value is -3.84. The molecule has 1 atom stereocenters. The van der Waals surface area contributed by atoms with Crippen molar-refractivity contribution in [1.82, 2.24) is 5.32 Å². The minimum atomic E-state index is -5.10. The van der Waals surface area contributed by atoms with E-state index in [1.54, 1.807) is 0 Å². The van der Waals surface area contributed by atoms with Gasteiger partial charge in [-0.2, -0.15) is 0 Å². The Kier molecular flexibility index (Phi) is 9.63. The van der Waals surface area contributed by atoms with Crippen LogP contribution in [0.15, 0.2) is 81.1 Å². The summed E-state index contributed by atoms with van der Waals surface area (Å²) in [5.41, 5.74) is 0.353. The van der Waals surface area contributed by atoms with E-state index in [1.807, 2.05) is 0 Å². The van der Waals surface area contributed by atoms with Crippen molar-refractivity contribution < 1.29 is 43.7 Å². The summed E-state index contributed by atoms with van der Waals surface area (Å²) in [5, 5.41) is 38.4. The molecule has 3 rings (SSSR count). The first-order valence-electron chi connectivity index (χ1n) is 11.1. The van der Waals surface area contributed by atoms with Gasteiger partial charge in [0.05, 0.1) is 0 Å². The fourth-order valence-corrected chi connectivity index (χ4v) is 5.52. The summed E-state index contributed by atoms with van der Waals surface area (Å²) in [5.74, 6) is -2.38. The quantitative estimate of drug-likeness (QED) is 0.115. The number of hydrogen-bond acceptors (Lipinski definition) is 9. The molecule has 0 fully saturated rings. The summed E-state index contributed by atoms with van der Waals surface area (Å²) in [6, 6.07) is 11.3. The third kappa shape index (κ3) is 8.58. The molecule has 40 heavy (non-hydrogen) atoms. The standard InChI is InChI=1S/C23H23As2N5O10/c1-13(31)26-21(23(33)34)12-14-10-19(29-27-17-6-2-15(3-7-17)24(35,36)37)22(32)20(11-14)30-28-18-8-4-16(5-9-18)25(38,39)40/h2-11,21,32H,12H2,1H3,(H,26,31)(H,33,34)(H2,35,36,37)(H2,38,39,40)/t21-/m0/s1. The number of phenolic OH excluding ortho intramolecular Hbond substituents is 1. The van der Waals surface area contributed by atoms with Gasteiger partial charge < -0.3 is 5.11 Å². The molecule has 0 unspecified atom stereocenters. The van der Waals surface area contributed by atoms with Crippen LogP contribution in [-0.4, -0.2) is 72.9 Å². The number of carbonyl (C=O) groups excluding carboxylic acids is 1. The van der Waals surface area contributed by atoms with Crippen molar-refractivity contribution in [2.45, 2.75) is 19.4 Å². The zero-order valence-corrected chi connectivity index (χ0v) is 24.3. The number of carboxylic acids is 1. The number of benzene rings is 3. The summed E-state index contributed by atoms with van der Waals surface area (Å²) < 4.78 is 59.7. The van der Waals surface area contributed by atoms with E-state index < -0.39 is 52.0 Å². The minimum Gasteiger partial charge on any atom is -0.480 e. The average Bonchev–Trinajstić information content (AvgIpc) is 2.86. The minimum absolute atomic E-state index is 0.152. The number of carboxylic acid groups (broad SMARTS) is 1. The molecule has 15 nitrogen and oxygen atoms in total. The van der Waals surface area contributed by atoms with E-state index in [0.29, 0.717) is 0 Å². The molecule has 0 saturated heterocycles. The molecule has 1 amide bonds. The first-order chi connectivity index (χ1) is 18.6. The van der Waals surface area contributed by atoms with Crippen molar-refractivity contribution in [1.29, 1.82) is 0 Å². The van der Waals surface area contributed by atoms with Gasteiger partial charge in [-0.05, 0) is 0 Å². The fraction of sp³-hybridized carbons (Fsp3) is 0.130. The number of aliphatic carboxylic acids is 1. The van der Waals surface area contributed by atoms with Crippen LogP contribution in [0.2, 0.25) is 0 Å². The van der Waals surface area contributed by atoms with Crippen LogP contribution in [0.3, 0.4) is 0 Å². The van der Waals surface area contributed by atoms with Crippen molar-refractivity contribution >= 4 is 71.7 Å². The van der Waals surface area contributed by atoms with Crippen molar-refractivity contribution in [2.24, 2.45) is 20.5 Å². The van der Waals surface area contributed by atoms with Gasteiger partial charge in [0, 0.05) is 6.92 Å². The molecule has 0 saturated carbocycles. The monoisotopic (exact) mass is 679 g/mol. The first-order valence-corrected chi connectivity index (χ1v) is 17.9. The first kappa shape index (κ1) is 30.7. The molecule has 210 valence electrons. The second-order valence-corrected chi connectivity index (χ2v) is 15.0. The van der Waals surface area contributed by atoms with Gasteiger partial charge in [-0.25, -0.2) is 4.79 Å². The zero-order chi connectivity index (χ0) is 29.7. The summed E-state index contributed by atoms with van der Waals surface area (Å²) in [7, 11) is 0. The molecule has 3 aromatic rings. The third-order valence-electron chi connectivity index (χ3n) is 5.16. The number of azo groups is 2. The number of amides is 1. The van der Waals surface area contributed by atoms with Crippen LogP contribution in [0.4, 0.5) is 22.7 Å². The van der Waals surface area contributed by atoms with Gasteiger partial charge >= 0.3 is 205 Å². The van der Waals surface area contributed by atoms with E-state index in [2.05, 4.69) is 25.8 Å². The van der Waals surface area contributed by atoms with Gasteiger partial charge in [-0.1, -0.05) is 0 Å². The summed E-state index contributed by atoms with van der Waals surface area (Å²) in [6.07, 6.45) is -0.224. The molecule has 0 spiro atoms.